The first-order chi connectivity index (χ1) is 14.7. The van der Waals surface area contributed by atoms with Crippen LogP contribution in [0.1, 0.15) is 47.1 Å². The summed E-state index contributed by atoms with van der Waals surface area (Å²) >= 11 is 1.66. The average molecular weight is 420 g/mol. The van der Waals surface area contributed by atoms with Gasteiger partial charge >= 0.3 is 0 Å². The second-order valence-electron chi connectivity index (χ2n) is 8.12. The molecule has 0 saturated heterocycles. The average Bonchev–Trinajstić information content (AvgIpc) is 3.18. The summed E-state index contributed by atoms with van der Waals surface area (Å²) in [6.45, 7) is 3.26. The van der Waals surface area contributed by atoms with Gasteiger partial charge in [-0.15, -0.1) is 11.3 Å². The van der Waals surface area contributed by atoms with Gasteiger partial charge in [0, 0.05) is 19.0 Å². The van der Waals surface area contributed by atoms with Crippen LogP contribution in [0.4, 0.5) is 0 Å². The van der Waals surface area contributed by atoms with Crippen LogP contribution in [0.15, 0.2) is 69.7 Å². The first kappa shape index (κ1) is 19.3. The Morgan fingerprint density at radius 2 is 2.03 bits per heavy atom. The molecule has 154 valence electrons. The fourth-order valence-corrected chi connectivity index (χ4v) is 4.68. The Morgan fingerprint density at radius 1 is 1.20 bits per heavy atom. The summed E-state index contributed by atoms with van der Waals surface area (Å²) in [4.78, 5) is 16.8. The molecule has 1 aliphatic carbocycles. The molecule has 1 aromatic carbocycles. The van der Waals surface area contributed by atoms with Gasteiger partial charge in [0.2, 0.25) is 0 Å². The van der Waals surface area contributed by atoms with Crippen molar-refractivity contribution in [3.63, 3.8) is 0 Å². The molecule has 1 aliphatic heterocycles. The van der Waals surface area contributed by atoms with E-state index in [-0.39, 0.29) is 11.9 Å². The standard InChI is InChI=1S/C24H25N3O2S/c1-17-6-8-18(9-7-17)15-26(19-10-11-19)16-24(28)27-21(22-4-2-12-29-22)14-20(25-27)23-5-3-13-30-23/h2-9,12-13,19,21H,10-11,14-16H2,1H3. The molecule has 0 spiro atoms. The van der Waals surface area contributed by atoms with E-state index < -0.39 is 0 Å². The third kappa shape index (κ3) is 4.11. The van der Waals surface area contributed by atoms with Gasteiger partial charge in [-0.3, -0.25) is 9.69 Å². The fraction of sp³-hybridized carbons (Fsp3) is 0.333. The second-order valence-corrected chi connectivity index (χ2v) is 9.07. The van der Waals surface area contributed by atoms with Gasteiger partial charge in [-0.25, -0.2) is 5.01 Å². The Bertz CT molecular complexity index is 1020. The highest BCUT2D eigenvalue weighted by Gasteiger charge is 2.37. The van der Waals surface area contributed by atoms with Crippen molar-refractivity contribution in [2.75, 3.05) is 6.54 Å². The molecule has 2 aliphatic rings. The third-order valence-electron chi connectivity index (χ3n) is 5.75. The number of hydrogen-bond donors (Lipinski definition) is 0. The summed E-state index contributed by atoms with van der Waals surface area (Å²) in [7, 11) is 0. The SMILES string of the molecule is Cc1ccc(CN(CC(=O)N2N=C(c3cccs3)CC2c2ccco2)C2CC2)cc1. The molecule has 1 atom stereocenters. The van der Waals surface area contributed by atoms with Crippen LogP contribution in [0.3, 0.4) is 0 Å². The smallest absolute Gasteiger partial charge is 0.257 e. The highest BCUT2D eigenvalue weighted by Crippen LogP contribution is 2.35. The summed E-state index contributed by atoms with van der Waals surface area (Å²) in [6.07, 6.45) is 4.66. The van der Waals surface area contributed by atoms with Crippen LogP contribution < -0.4 is 0 Å². The number of rotatable bonds is 7. The van der Waals surface area contributed by atoms with Gasteiger partial charge in [0.25, 0.3) is 5.91 Å². The summed E-state index contributed by atoms with van der Waals surface area (Å²) in [5, 5.41) is 8.44. The van der Waals surface area contributed by atoms with Crippen molar-refractivity contribution in [2.24, 2.45) is 5.10 Å². The first-order valence-corrected chi connectivity index (χ1v) is 11.3. The van der Waals surface area contributed by atoms with E-state index in [9.17, 15) is 4.79 Å². The van der Waals surface area contributed by atoms with E-state index in [1.165, 1.54) is 11.1 Å². The maximum Gasteiger partial charge on any atom is 0.257 e. The molecule has 1 saturated carbocycles. The zero-order chi connectivity index (χ0) is 20.5. The second kappa shape index (κ2) is 8.20. The molecule has 5 rings (SSSR count). The molecular weight excluding hydrogens is 394 g/mol. The number of carbonyl (C=O) groups excluding carboxylic acids is 1. The number of hydrogen-bond acceptors (Lipinski definition) is 5. The predicted molar refractivity (Wildman–Crippen MR) is 118 cm³/mol. The van der Waals surface area contributed by atoms with Crippen molar-refractivity contribution in [3.05, 3.63) is 81.9 Å². The summed E-state index contributed by atoms with van der Waals surface area (Å²) in [6, 6.07) is 16.8. The third-order valence-corrected chi connectivity index (χ3v) is 6.67. The monoisotopic (exact) mass is 419 g/mol. The number of carbonyl (C=O) groups is 1. The molecule has 3 heterocycles. The number of aryl methyl sites for hydroxylation is 1. The van der Waals surface area contributed by atoms with Crippen LogP contribution in [-0.4, -0.2) is 34.1 Å². The lowest BCUT2D eigenvalue weighted by Gasteiger charge is -2.26. The molecule has 1 fully saturated rings. The van der Waals surface area contributed by atoms with Gasteiger partial charge in [0.05, 0.1) is 23.4 Å². The summed E-state index contributed by atoms with van der Waals surface area (Å²) in [5.41, 5.74) is 3.45. The molecule has 6 heteroatoms. The minimum atomic E-state index is -0.176. The highest BCUT2D eigenvalue weighted by atomic mass is 32.1. The van der Waals surface area contributed by atoms with Gasteiger partial charge < -0.3 is 4.42 Å². The van der Waals surface area contributed by atoms with Crippen molar-refractivity contribution in [1.82, 2.24) is 9.91 Å². The molecule has 30 heavy (non-hydrogen) atoms. The van der Waals surface area contributed by atoms with Crippen LogP contribution >= 0.6 is 11.3 Å². The maximum absolute atomic E-state index is 13.4. The van der Waals surface area contributed by atoms with Crippen LogP contribution in [-0.2, 0) is 11.3 Å². The van der Waals surface area contributed by atoms with Gasteiger partial charge in [0.1, 0.15) is 11.8 Å². The fourth-order valence-electron chi connectivity index (χ4n) is 3.96. The zero-order valence-corrected chi connectivity index (χ0v) is 17.8. The van der Waals surface area contributed by atoms with Crippen molar-refractivity contribution in [3.8, 4) is 0 Å². The van der Waals surface area contributed by atoms with Crippen LogP contribution in [0.2, 0.25) is 0 Å². The van der Waals surface area contributed by atoms with E-state index in [1.54, 1.807) is 22.6 Å². The first-order valence-electron chi connectivity index (χ1n) is 10.4. The van der Waals surface area contributed by atoms with E-state index in [4.69, 9.17) is 9.52 Å². The van der Waals surface area contributed by atoms with Crippen molar-refractivity contribution in [1.29, 1.82) is 0 Å². The largest absolute Gasteiger partial charge is 0.467 e. The Hall–Kier alpha value is -2.70. The Balaban J connectivity index is 1.36. The Labute approximate surface area is 180 Å². The van der Waals surface area contributed by atoms with Gasteiger partial charge in [-0.1, -0.05) is 35.9 Å². The molecular formula is C24H25N3O2S. The number of hydrazone groups is 1. The minimum absolute atomic E-state index is 0.0296. The van der Waals surface area contributed by atoms with E-state index in [0.717, 1.165) is 35.7 Å². The topological polar surface area (TPSA) is 49.1 Å². The molecule has 1 amide bonds. The van der Waals surface area contributed by atoms with E-state index >= 15 is 0 Å². The van der Waals surface area contributed by atoms with E-state index in [0.29, 0.717) is 19.0 Å². The van der Waals surface area contributed by atoms with Crippen LogP contribution in [0.5, 0.6) is 0 Å². The zero-order valence-electron chi connectivity index (χ0n) is 17.0. The summed E-state index contributed by atoms with van der Waals surface area (Å²) < 4.78 is 5.66. The molecule has 0 N–H and O–H groups in total. The lowest BCUT2D eigenvalue weighted by Crippen LogP contribution is -2.39. The van der Waals surface area contributed by atoms with Crippen molar-refractivity contribution < 1.29 is 9.21 Å². The highest BCUT2D eigenvalue weighted by molar-refractivity contribution is 7.12. The molecule has 0 radical (unpaired) electrons. The number of thiophene rings is 1. The van der Waals surface area contributed by atoms with Crippen LogP contribution in [0, 0.1) is 6.92 Å². The molecule has 5 nitrogen and oxygen atoms in total. The van der Waals surface area contributed by atoms with Gasteiger partial charge in [0.15, 0.2) is 0 Å². The number of amides is 1. The van der Waals surface area contributed by atoms with Crippen LogP contribution in [0.25, 0.3) is 0 Å². The van der Waals surface area contributed by atoms with Gasteiger partial charge in [-0.2, -0.15) is 5.10 Å². The van der Waals surface area contributed by atoms with E-state index in [2.05, 4.69) is 42.2 Å². The normalized spacial score (nSPS) is 18.8. The number of nitrogens with zero attached hydrogens (tertiary/aromatic N) is 3. The number of benzene rings is 1. The molecule has 0 bridgehead atoms. The Kier molecular flexibility index (Phi) is 5.27. The quantitative estimate of drug-likeness (QED) is 0.542. The molecule has 2 aromatic heterocycles. The van der Waals surface area contributed by atoms with Crippen molar-refractivity contribution in [2.45, 2.75) is 44.8 Å². The summed E-state index contributed by atoms with van der Waals surface area (Å²) in [5.74, 6) is 0.817. The Morgan fingerprint density at radius 3 is 2.70 bits per heavy atom. The predicted octanol–water partition coefficient (Wildman–Crippen LogP) is 4.99. The van der Waals surface area contributed by atoms with Crippen molar-refractivity contribution >= 4 is 23.0 Å². The lowest BCUT2D eigenvalue weighted by molar-refractivity contribution is -0.134. The lowest BCUT2D eigenvalue weighted by atomic mass is 10.1. The van der Waals surface area contributed by atoms with Gasteiger partial charge in [-0.05, 0) is 48.9 Å². The maximum atomic E-state index is 13.4. The molecule has 1 unspecified atom stereocenters. The number of furan rings is 1. The minimum Gasteiger partial charge on any atom is -0.467 e. The van der Waals surface area contributed by atoms with E-state index in [1.807, 2.05) is 23.6 Å². The molecule has 3 aromatic rings.